The van der Waals surface area contributed by atoms with E-state index in [9.17, 15) is 0 Å². The number of rotatable bonds is 0. The number of fused-ring (bicyclic) bond motifs is 2. The van der Waals surface area contributed by atoms with Crippen LogP contribution in [-0.2, 0) is 0 Å². The molecule has 0 saturated heterocycles. The molecule has 72 valence electrons. The second-order valence-corrected chi connectivity index (χ2v) is 3.94. The van der Waals surface area contributed by atoms with Crippen LogP contribution >= 0.6 is 0 Å². The third kappa shape index (κ3) is 0.910. The first kappa shape index (κ1) is 7.92. The molecule has 0 bridgehead atoms. The van der Waals surface area contributed by atoms with Gasteiger partial charge in [0.1, 0.15) is 0 Å². The summed E-state index contributed by atoms with van der Waals surface area (Å²) >= 11 is 0. The quantitative estimate of drug-likeness (QED) is 0.623. The van der Waals surface area contributed by atoms with Gasteiger partial charge >= 0.3 is 0 Å². The van der Waals surface area contributed by atoms with Crippen LogP contribution < -0.4 is 9.47 Å². The first-order chi connectivity index (χ1) is 6.75. The SMILES string of the molecule is CC1=Cc2cc3c(cc2C1C)OCO3. The predicted molar refractivity (Wildman–Crippen MR) is 54.6 cm³/mol. The summed E-state index contributed by atoms with van der Waals surface area (Å²) in [7, 11) is 0. The van der Waals surface area contributed by atoms with Crippen molar-refractivity contribution in [1.29, 1.82) is 0 Å². The molecule has 1 aliphatic heterocycles. The maximum absolute atomic E-state index is 5.36. The molecule has 1 aromatic rings. The number of benzene rings is 1. The fraction of sp³-hybridized carbons (Fsp3) is 0.333. The molecular formula is C12H12O2. The van der Waals surface area contributed by atoms with Gasteiger partial charge in [0, 0.05) is 5.92 Å². The average Bonchev–Trinajstić information content (AvgIpc) is 2.70. The van der Waals surface area contributed by atoms with E-state index in [0.29, 0.717) is 12.7 Å². The molecule has 0 amide bonds. The van der Waals surface area contributed by atoms with Crippen molar-refractivity contribution in [3.63, 3.8) is 0 Å². The van der Waals surface area contributed by atoms with Gasteiger partial charge in [0.05, 0.1) is 0 Å². The van der Waals surface area contributed by atoms with Crippen LogP contribution in [0.4, 0.5) is 0 Å². The number of allylic oxidation sites excluding steroid dienone is 1. The molecule has 1 atom stereocenters. The molecule has 14 heavy (non-hydrogen) atoms. The van der Waals surface area contributed by atoms with E-state index in [1.807, 2.05) is 0 Å². The van der Waals surface area contributed by atoms with Gasteiger partial charge in [-0.1, -0.05) is 18.6 Å². The summed E-state index contributed by atoms with van der Waals surface area (Å²) in [4.78, 5) is 0. The van der Waals surface area contributed by atoms with Crippen LogP contribution in [0.25, 0.3) is 6.08 Å². The lowest BCUT2D eigenvalue weighted by atomic mass is 9.98. The minimum atomic E-state index is 0.356. The van der Waals surface area contributed by atoms with E-state index in [0.717, 1.165) is 11.5 Å². The van der Waals surface area contributed by atoms with Crippen molar-refractivity contribution in [2.45, 2.75) is 19.8 Å². The summed E-state index contributed by atoms with van der Waals surface area (Å²) in [6, 6.07) is 4.18. The fourth-order valence-electron chi connectivity index (χ4n) is 2.09. The van der Waals surface area contributed by atoms with E-state index < -0.39 is 0 Å². The van der Waals surface area contributed by atoms with Crippen LogP contribution in [0, 0.1) is 0 Å². The normalized spacial score (nSPS) is 22.1. The molecule has 2 aliphatic rings. The highest BCUT2D eigenvalue weighted by Crippen LogP contribution is 2.43. The highest BCUT2D eigenvalue weighted by Gasteiger charge is 2.23. The third-order valence-corrected chi connectivity index (χ3v) is 3.11. The molecule has 3 rings (SSSR count). The molecule has 0 aromatic heterocycles. The zero-order valence-electron chi connectivity index (χ0n) is 8.33. The van der Waals surface area contributed by atoms with Crippen LogP contribution in [0.2, 0.25) is 0 Å². The van der Waals surface area contributed by atoms with Crippen LogP contribution in [-0.4, -0.2) is 6.79 Å². The van der Waals surface area contributed by atoms with Gasteiger partial charge in [0.15, 0.2) is 11.5 Å². The lowest BCUT2D eigenvalue weighted by Crippen LogP contribution is -1.93. The van der Waals surface area contributed by atoms with Crippen LogP contribution in [0.5, 0.6) is 11.5 Å². The van der Waals surface area contributed by atoms with E-state index >= 15 is 0 Å². The standard InChI is InChI=1S/C12H12O2/c1-7-3-9-4-11-12(14-6-13-11)5-10(9)8(7)2/h3-5,8H,6H2,1-2H3. The second kappa shape index (κ2) is 2.53. The Kier molecular flexibility index (Phi) is 1.43. The molecule has 2 nitrogen and oxygen atoms in total. The topological polar surface area (TPSA) is 18.5 Å². The summed E-state index contributed by atoms with van der Waals surface area (Å²) in [6.45, 7) is 4.74. The van der Waals surface area contributed by atoms with Gasteiger partial charge < -0.3 is 9.47 Å². The Morgan fingerprint density at radius 1 is 1.21 bits per heavy atom. The second-order valence-electron chi connectivity index (χ2n) is 3.94. The Hall–Kier alpha value is -1.44. The average molecular weight is 188 g/mol. The van der Waals surface area contributed by atoms with Crippen LogP contribution in [0.1, 0.15) is 30.9 Å². The molecule has 1 unspecified atom stereocenters. The van der Waals surface area contributed by atoms with Gasteiger partial charge in [-0.05, 0) is 30.2 Å². The summed E-state index contributed by atoms with van der Waals surface area (Å²) in [5, 5.41) is 0. The van der Waals surface area contributed by atoms with E-state index in [-0.39, 0.29) is 0 Å². The van der Waals surface area contributed by atoms with Crippen LogP contribution in [0.15, 0.2) is 17.7 Å². The van der Waals surface area contributed by atoms with Gasteiger partial charge in [-0.15, -0.1) is 0 Å². The zero-order chi connectivity index (χ0) is 9.71. The Morgan fingerprint density at radius 2 is 1.93 bits per heavy atom. The highest BCUT2D eigenvalue weighted by molar-refractivity contribution is 5.69. The lowest BCUT2D eigenvalue weighted by Gasteiger charge is -2.07. The van der Waals surface area contributed by atoms with Gasteiger partial charge in [-0.2, -0.15) is 0 Å². The molecular weight excluding hydrogens is 176 g/mol. The minimum absolute atomic E-state index is 0.356. The van der Waals surface area contributed by atoms with Crippen molar-refractivity contribution in [2.24, 2.45) is 0 Å². The maximum atomic E-state index is 5.36. The molecule has 0 fully saturated rings. The molecule has 1 aliphatic carbocycles. The van der Waals surface area contributed by atoms with E-state index in [1.54, 1.807) is 0 Å². The lowest BCUT2D eigenvalue weighted by molar-refractivity contribution is 0.174. The minimum Gasteiger partial charge on any atom is -0.454 e. The van der Waals surface area contributed by atoms with Gasteiger partial charge in [0.2, 0.25) is 6.79 Å². The molecule has 0 N–H and O–H groups in total. The third-order valence-electron chi connectivity index (χ3n) is 3.11. The van der Waals surface area contributed by atoms with Crippen molar-refractivity contribution in [2.75, 3.05) is 6.79 Å². The molecule has 1 aromatic carbocycles. The van der Waals surface area contributed by atoms with Crippen molar-refractivity contribution < 1.29 is 9.47 Å². The molecule has 2 heteroatoms. The van der Waals surface area contributed by atoms with E-state index in [2.05, 4.69) is 32.1 Å². The Bertz CT molecular complexity index is 432. The number of hydrogen-bond donors (Lipinski definition) is 0. The van der Waals surface area contributed by atoms with Gasteiger partial charge in [-0.25, -0.2) is 0 Å². The highest BCUT2D eigenvalue weighted by atomic mass is 16.7. The van der Waals surface area contributed by atoms with E-state index in [1.165, 1.54) is 16.7 Å². The van der Waals surface area contributed by atoms with Crippen LogP contribution in [0.3, 0.4) is 0 Å². The van der Waals surface area contributed by atoms with Gasteiger partial charge in [-0.3, -0.25) is 0 Å². The fourth-order valence-corrected chi connectivity index (χ4v) is 2.09. The number of hydrogen-bond acceptors (Lipinski definition) is 2. The largest absolute Gasteiger partial charge is 0.454 e. The summed E-state index contributed by atoms with van der Waals surface area (Å²) in [5.41, 5.74) is 4.04. The van der Waals surface area contributed by atoms with Crippen molar-refractivity contribution in [3.8, 4) is 11.5 Å². The summed E-state index contributed by atoms with van der Waals surface area (Å²) < 4.78 is 10.7. The summed E-state index contributed by atoms with van der Waals surface area (Å²) in [5.74, 6) is 2.28. The zero-order valence-corrected chi connectivity index (χ0v) is 8.33. The monoisotopic (exact) mass is 188 g/mol. The molecule has 1 heterocycles. The first-order valence-electron chi connectivity index (χ1n) is 4.87. The Balaban J connectivity index is 2.19. The van der Waals surface area contributed by atoms with Crippen molar-refractivity contribution in [3.05, 3.63) is 28.8 Å². The smallest absolute Gasteiger partial charge is 0.231 e. The van der Waals surface area contributed by atoms with Crippen molar-refractivity contribution >= 4 is 6.08 Å². The first-order valence-corrected chi connectivity index (χ1v) is 4.87. The van der Waals surface area contributed by atoms with E-state index in [4.69, 9.17) is 9.47 Å². The Labute approximate surface area is 83.1 Å². The van der Waals surface area contributed by atoms with Crippen molar-refractivity contribution in [1.82, 2.24) is 0 Å². The number of ether oxygens (including phenoxy) is 2. The predicted octanol–water partition coefficient (Wildman–Crippen LogP) is 2.94. The maximum Gasteiger partial charge on any atom is 0.231 e. The molecule has 0 spiro atoms. The Morgan fingerprint density at radius 3 is 2.71 bits per heavy atom. The molecule has 0 radical (unpaired) electrons. The summed E-state index contributed by atoms with van der Waals surface area (Å²) in [6.07, 6.45) is 2.22. The van der Waals surface area contributed by atoms with Gasteiger partial charge in [0.25, 0.3) is 0 Å². The molecule has 0 saturated carbocycles.